The van der Waals surface area contributed by atoms with Crippen LogP contribution in [0.2, 0.25) is 0 Å². The number of carbonyl (C=O) groups excluding carboxylic acids is 3. The van der Waals surface area contributed by atoms with Crippen molar-refractivity contribution in [3.05, 3.63) is 48.5 Å². The Hall–Kier alpha value is -3.00. The van der Waals surface area contributed by atoms with Gasteiger partial charge in [0, 0.05) is 43.2 Å². The second-order valence-corrected chi connectivity index (χ2v) is 8.88. The van der Waals surface area contributed by atoms with Gasteiger partial charge in [-0.3, -0.25) is 14.5 Å². The molecular weight excluding hydrogens is 402 g/mol. The monoisotopic (exact) mass is 425 g/mol. The Morgan fingerprint density at radius 1 is 1.17 bits per heavy atom. The molecule has 1 N–H and O–H groups in total. The molecule has 0 aromatic heterocycles. The first-order valence-corrected chi connectivity index (χ1v) is 10.5. The summed E-state index contributed by atoms with van der Waals surface area (Å²) in [5.41, 5.74) is 2.35. The second kappa shape index (κ2) is 7.68. The third kappa shape index (κ3) is 3.41. The number of para-hydroxylation sites is 1. The number of hydrogen-bond donors (Lipinski definition) is 1. The van der Waals surface area contributed by atoms with Crippen LogP contribution in [0, 0.1) is 0 Å². The molecule has 7 nitrogen and oxygen atoms in total. The SMILES string of the molecule is C[C@@H](OC(=O)[C@@]12CCC(=O)N1c1ccccc1S2)C(=O)Nc1ccc(N(C)C)cc1. The first-order valence-electron chi connectivity index (χ1n) is 9.72. The van der Waals surface area contributed by atoms with E-state index in [0.717, 1.165) is 16.3 Å². The van der Waals surface area contributed by atoms with Crippen LogP contribution in [-0.2, 0) is 19.1 Å². The van der Waals surface area contributed by atoms with Crippen molar-refractivity contribution in [1.29, 1.82) is 0 Å². The van der Waals surface area contributed by atoms with Crippen LogP contribution in [0.4, 0.5) is 17.1 Å². The highest BCUT2D eigenvalue weighted by molar-refractivity contribution is 8.02. The Bertz CT molecular complexity index is 1010. The van der Waals surface area contributed by atoms with E-state index in [9.17, 15) is 14.4 Å². The zero-order valence-corrected chi connectivity index (χ0v) is 17.9. The number of hydrogen-bond acceptors (Lipinski definition) is 6. The molecule has 1 fully saturated rings. The van der Waals surface area contributed by atoms with E-state index < -0.39 is 22.9 Å². The van der Waals surface area contributed by atoms with Gasteiger partial charge in [-0.15, -0.1) is 0 Å². The summed E-state index contributed by atoms with van der Waals surface area (Å²) in [6, 6.07) is 14.8. The van der Waals surface area contributed by atoms with Crippen LogP contribution in [-0.4, -0.2) is 42.9 Å². The van der Waals surface area contributed by atoms with Gasteiger partial charge in [0.15, 0.2) is 11.0 Å². The Balaban J connectivity index is 1.45. The third-order valence-electron chi connectivity index (χ3n) is 5.30. The highest BCUT2D eigenvalue weighted by Crippen LogP contribution is 2.56. The molecule has 0 unspecified atom stereocenters. The molecule has 2 heterocycles. The number of benzene rings is 2. The number of nitrogens with zero attached hydrogens (tertiary/aromatic N) is 2. The molecule has 0 radical (unpaired) electrons. The van der Waals surface area contributed by atoms with Crippen LogP contribution in [0.25, 0.3) is 0 Å². The molecule has 2 aromatic rings. The Morgan fingerprint density at radius 2 is 1.87 bits per heavy atom. The summed E-state index contributed by atoms with van der Waals surface area (Å²) in [7, 11) is 3.87. The minimum absolute atomic E-state index is 0.109. The van der Waals surface area contributed by atoms with Crippen molar-refractivity contribution in [2.75, 3.05) is 29.2 Å². The molecule has 2 aliphatic heterocycles. The molecule has 2 atom stereocenters. The minimum atomic E-state index is -1.14. The van der Waals surface area contributed by atoms with Gasteiger partial charge >= 0.3 is 5.97 Å². The Morgan fingerprint density at radius 3 is 2.57 bits per heavy atom. The van der Waals surface area contributed by atoms with Crippen molar-refractivity contribution >= 4 is 46.6 Å². The lowest BCUT2D eigenvalue weighted by molar-refractivity contribution is -0.155. The lowest BCUT2D eigenvalue weighted by Gasteiger charge is -2.29. The summed E-state index contributed by atoms with van der Waals surface area (Å²) < 4.78 is 5.54. The molecule has 0 saturated carbocycles. The summed E-state index contributed by atoms with van der Waals surface area (Å²) in [4.78, 5) is 41.4. The van der Waals surface area contributed by atoms with Gasteiger partial charge in [0.2, 0.25) is 5.91 Å². The Kier molecular flexibility index (Phi) is 5.19. The summed E-state index contributed by atoms with van der Waals surface area (Å²) >= 11 is 1.32. The summed E-state index contributed by atoms with van der Waals surface area (Å²) in [6.07, 6.45) is -0.373. The standard InChI is InChI=1S/C22H23N3O4S/c1-14(20(27)23-15-8-10-16(11-9-15)24(2)3)29-21(28)22-13-12-19(26)25(22)17-6-4-5-7-18(17)30-22/h4-11,14H,12-13H2,1-3H3,(H,23,27)/t14-,22+/m1/s1. The number of carbonyl (C=O) groups is 3. The van der Waals surface area contributed by atoms with Crippen molar-refractivity contribution in [3.8, 4) is 0 Å². The fraction of sp³-hybridized carbons (Fsp3) is 0.318. The lowest BCUT2D eigenvalue weighted by atomic mass is 10.2. The molecule has 8 heteroatoms. The highest BCUT2D eigenvalue weighted by atomic mass is 32.2. The smallest absolute Gasteiger partial charge is 0.344 e. The maximum atomic E-state index is 13.1. The zero-order chi connectivity index (χ0) is 21.5. The van der Waals surface area contributed by atoms with Crippen LogP contribution in [0.15, 0.2) is 53.4 Å². The van der Waals surface area contributed by atoms with Crippen molar-refractivity contribution in [2.24, 2.45) is 0 Å². The van der Waals surface area contributed by atoms with Gasteiger partial charge in [-0.25, -0.2) is 4.79 Å². The first-order chi connectivity index (χ1) is 14.3. The number of thioether (sulfide) groups is 1. The quantitative estimate of drug-likeness (QED) is 0.741. The van der Waals surface area contributed by atoms with E-state index in [2.05, 4.69) is 5.32 Å². The van der Waals surface area contributed by atoms with Crippen LogP contribution >= 0.6 is 11.8 Å². The first kappa shape index (κ1) is 20.3. The van der Waals surface area contributed by atoms with Gasteiger partial charge in [-0.1, -0.05) is 23.9 Å². The maximum Gasteiger partial charge on any atom is 0.344 e. The van der Waals surface area contributed by atoms with E-state index >= 15 is 0 Å². The van der Waals surface area contributed by atoms with Crippen LogP contribution < -0.4 is 15.1 Å². The number of rotatable bonds is 5. The number of amides is 2. The fourth-order valence-electron chi connectivity index (χ4n) is 3.67. The normalized spacial score (nSPS) is 20.4. The Labute approximate surface area is 179 Å². The molecule has 0 bridgehead atoms. The minimum Gasteiger partial charge on any atom is -0.450 e. The van der Waals surface area contributed by atoms with E-state index in [-0.39, 0.29) is 12.3 Å². The van der Waals surface area contributed by atoms with E-state index in [4.69, 9.17) is 4.74 Å². The van der Waals surface area contributed by atoms with E-state index in [1.54, 1.807) is 12.1 Å². The van der Waals surface area contributed by atoms with Crippen LogP contribution in [0.3, 0.4) is 0 Å². The van der Waals surface area contributed by atoms with Gasteiger partial charge in [0.1, 0.15) is 0 Å². The molecule has 4 rings (SSSR count). The van der Waals surface area contributed by atoms with E-state index in [1.807, 2.05) is 55.4 Å². The van der Waals surface area contributed by atoms with Gasteiger partial charge in [0.05, 0.1) is 5.69 Å². The number of ether oxygens (including phenoxy) is 1. The summed E-state index contributed by atoms with van der Waals surface area (Å²) in [5.74, 6) is -1.10. The molecule has 156 valence electrons. The number of nitrogens with one attached hydrogen (secondary N) is 1. The van der Waals surface area contributed by atoms with Gasteiger partial charge in [0.25, 0.3) is 5.91 Å². The van der Waals surface area contributed by atoms with E-state index in [1.165, 1.54) is 23.6 Å². The topological polar surface area (TPSA) is 79.0 Å². The maximum absolute atomic E-state index is 13.1. The van der Waals surface area contributed by atoms with Crippen molar-refractivity contribution in [3.63, 3.8) is 0 Å². The fourth-order valence-corrected chi connectivity index (χ4v) is 5.07. The second-order valence-electron chi connectivity index (χ2n) is 7.56. The molecule has 30 heavy (non-hydrogen) atoms. The highest BCUT2D eigenvalue weighted by Gasteiger charge is 2.58. The van der Waals surface area contributed by atoms with Crippen molar-refractivity contribution < 1.29 is 19.1 Å². The molecule has 0 aliphatic carbocycles. The molecule has 2 aromatic carbocycles. The lowest BCUT2D eigenvalue weighted by Crippen LogP contribution is -2.49. The number of esters is 1. The molecular formula is C22H23N3O4S. The summed E-state index contributed by atoms with van der Waals surface area (Å²) in [5, 5.41) is 2.77. The average Bonchev–Trinajstić information content (AvgIpc) is 3.24. The van der Waals surface area contributed by atoms with Crippen LogP contribution in [0.5, 0.6) is 0 Å². The average molecular weight is 426 g/mol. The number of fused-ring (bicyclic) bond motifs is 3. The molecule has 2 amide bonds. The van der Waals surface area contributed by atoms with Crippen molar-refractivity contribution in [1.82, 2.24) is 0 Å². The largest absolute Gasteiger partial charge is 0.450 e. The molecule has 1 saturated heterocycles. The van der Waals surface area contributed by atoms with Gasteiger partial charge in [-0.05, 0) is 43.3 Å². The molecule has 0 spiro atoms. The van der Waals surface area contributed by atoms with Gasteiger partial charge < -0.3 is 15.0 Å². The number of anilines is 3. The van der Waals surface area contributed by atoms with Crippen LogP contribution in [0.1, 0.15) is 19.8 Å². The summed E-state index contributed by atoms with van der Waals surface area (Å²) in [6.45, 7) is 1.53. The molecule has 2 aliphatic rings. The third-order valence-corrected chi connectivity index (χ3v) is 6.75. The zero-order valence-electron chi connectivity index (χ0n) is 17.0. The van der Waals surface area contributed by atoms with Gasteiger partial charge in [-0.2, -0.15) is 0 Å². The van der Waals surface area contributed by atoms with Crippen molar-refractivity contribution in [2.45, 2.75) is 35.6 Å². The predicted molar refractivity (Wildman–Crippen MR) is 117 cm³/mol. The predicted octanol–water partition coefficient (Wildman–Crippen LogP) is 3.25. The van der Waals surface area contributed by atoms with E-state index in [0.29, 0.717) is 12.1 Å².